The Morgan fingerprint density at radius 1 is 1.35 bits per heavy atom. The van der Waals surface area contributed by atoms with Crippen LogP contribution in [0.15, 0.2) is 4.52 Å². The molecule has 3 rings (SSSR count). The first-order valence-electron chi connectivity index (χ1n) is 9.04. The third kappa shape index (κ3) is 3.38. The van der Waals surface area contributed by atoms with E-state index in [4.69, 9.17) is 4.52 Å². The molecule has 0 aromatic carbocycles. The Labute approximate surface area is 138 Å². The van der Waals surface area contributed by atoms with Crippen LogP contribution in [0.25, 0.3) is 0 Å². The van der Waals surface area contributed by atoms with Gasteiger partial charge in [0.05, 0.1) is 5.69 Å². The molecule has 23 heavy (non-hydrogen) atoms. The summed E-state index contributed by atoms with van der Waals surface area (Å²) in [6, 6.07) is 0.603. The molecule has 2 heterocycles. The molecule has 1 aromatic rings. The lowest BCUT2D eigenvalue weighted by Crippen LogP contribution is -2.45. The smallest absolute Gasteiger partial charge is 0.317 e. The van der Waals surface area contributed by atoms with Gasteiger partial charge in [0, 0.05) is 24.7 Å². The van der Waals surface area contributed by atoms with Crippen molar-refractivity contribution in [3.05, 3.63) is 17.0 Å². The number of nitrogens with zero attached hydrogens (tertiary/aromatic N) is 2. The van der Waals surface area contributed by atoms with Crippen molar-refractivity contribution in [1.29, 1.82) is 0 Å². The molecule has 3 atom stereocenters. The Kier molecular flexibility index (Phi) is 4.93. The van der Waals surface area contributed by atoms with Crippen molar-refractivity contribution in [3.63, 3.8) is 0 Å². The molecule has 0 spiro atoms. The number of amides is 2. The first kappa shape index (κ1) is 16.3. The fraction of sp³-hybridized carbons (Fsp3) is 0.778. The van der Waals surface area contributed by atoms with Crippen molar-refractivity contribution < 1.29 is 9.32 Å². The summed E-state index contributed by atoms with van der Waals surface area (Å²) in [6.45, 7) is 7.85. The zero-order valence-electron chi connectivity index (χ0n) is 14.6. The maximum Gasteiger partial charge on any atom is 0.317 e. The molecule has 1 aliphatic carbocycles. The molecule has 0 unspecified atom stereocenters. The maximum absolute atomic E-state index is 12.5. The Hall–Kier alpha value is -1.52. The number of urea groups is 1. The van der Waals surface area contributed by atoms with Gasteiger partial charge in [0.2, 0.25) is 0 Å². The number of carbonyl (C=O) groups is 1. The SMILES string of the molecule is Cc1noc(C)c1CCCNC(=O)N1C[C@H](C)[C@@H]2CCCC[C@H]21. The summed E-state index contributed by atoms with van der Waals surface area (Å²) in [5, 5.41) is 7.09. The predicted octanol–water partition coefficient (Wildman–Crippen LogP) is 3.44. The van der Waals surface area contributed by atoms with Crippen LogP contribution in [0.3, 0.4) is 0 Å². The van der Waals surface area contributed by atoms with E-state index >= 15 is 0 Å². The van der Waals surface area contributed by atoms with E-state index in [2.05, 4.69) is 22.3 Å². The molecule has 2 amide bonds. The summed E-state index contributed by atoms with van der Waals surface area (Å²) >= 11 is 0. The van der Waals surface area contributed by atoms with Crippen LogP contribution < -0.4 is 5.32 Å². The van der Waals surface area contributed by atoms with E-state index in [1.807, 2.05) is 13.8 Å². The average molecular weight is 319 g/mol. The Morgan fingerprint density at radius 2 is 2.13 bits per heavy atom. The molecular weight excluding hydrogens is 290 g/mol. The third-order valence-electron chi connectivity index (χ3n) is 5.72. The quantitative estimate of drug-likeness (QED) is 0.865. The number of rotatable bonds is 4. The highest BCUT2D eigenvalue weighted by atomic mass is 16.5. The highest BCUT2D eigenvalue weighted by Gasteiger charge is 2.42. The number of nitrogens with one attached hydrogen (secondary N) is 1. The van der Waals surface area contributed by atoms with Crippen molar-refractivity contribution in [3.8, 4) is 0 Å². The van der Waals surface area contributed by atoms with Gasteiger partial charge >= 0.3 is 6.03 Å². The lowest BCUT2D eigenvalue weighted by atomic mass is 9.80. The zero-order valence-corrected chi connectivity index (χ0v) is 14.6. The molecule has 1 N–H and O–H groups in total. The van der Waals surface area contributed by atoms with E-state index < -0.39 is 0 Å². The van der Waals surface area contributed by atoms with Crippen LogP contribution >= 0.6 is 0 Å². The van der Waals surface area contributed by atoms with Gasteiger partial charge in [-0.2, -0.15) is 0 Å². The van der Waals surface area contributed by atoms with E-state index in [9.17, 15) is 4.79 Å². The largest absolute Gasteiger partial charge is 0.361 e. The monoisotopic (exact) mass is 319 g/mol. The van der Waals surface area contributed by atoms with Gasteiger partial charge < -0.3 is 14.7 Å². The first-order valence-corrected chi connectivity index (χ1v) is 9.04. The number of aryl methyl sites for hydroxylation is 2. The number of aromatic nitrogens is 1. The van der Waals surface area contributed by atoms with Crippen molar-refractivity contribution in [2.45, 2.75) is 65.3 Å². The molecule has 2 aliphatic rings. The van der Waals surface area contributed by atoms with Gasteiger partial charge in [0.15, 0.2) is 0 Å². The predicted molar refractivity (Wildman–Crippen MR) is 89.3 cm³/mol. The number of hydrogen-bond acceptors (Lipinski definition) is 3. The van der Waals surface area contributed by atoms with Gasteiger partial charge in [-0.25, -0.2) is 4.79 Å². The summed E-state index contributed by atoms with van der Waals surface area (Å²) in [5.74, 6) is 2.26. The van der Waals surface area contributed by atoms with Crippen LogP contribution in [0.4, 0.5) is 4.79 Å². The van der Waals surface area contributed by atoms with Gasteiger partial charge in [-0.15, -0.1) is 0 Å². The Morgan fingerprint density at radius 3 is 2.87 bits per heavy atom. The average Bonchev–Trinajstić information content (AvgIpc) is 3.05. The van der Waals surface area contributed by atoms with E-state index in [1.165, 1.54) is 31.2 Å². The van der Waals surface area contributed by atoms with Crippen molar-refractivity contribution >= 4 is 6.03 Å². The summed E-state index contributed by atoms with van der Waals surface area (Å²) in [6.07, 6.45) is 6.90. The van der Waals surface area contributed by atoms with Crippen molar-refractivity contribution in [2.24, 2.45) is 11.8 Å². The molecule has 5 nitrogen and oxygen atoms in total. The molecule has 1 saturated heterocycles. The van der Waals surface area contributed by atoms with E-state index in [-0.39, 0.29) is 6.03 Å². The van der Waals surface area contributed by atoms with E-state index in [0.29, 0.717) is 18.5 Å². The first-order chi connectivity index (χ1) is 11.1. The van der Waals surface area contributed by atoms with Gasteiger partial charge in [-0.05, 0) is 51.4 Å². The zero-order chi connectivity index (χ0) is 16.4. The van der Waals surface area contributed by atoms with Gasteiger partial charge in [-0.3, -0.25) is 0 Å². The number of carbonyl (C=O) groups excluding carboxylic acids is 1. The second kappa shape index (κ2) is 6.93. The van der Waals surface area contributed by atoms with Crippen LogP contribution in [0.1, 0.15) is 56.0 Å². The van der Waals surface area contributed by atoms with Crippen molar-refractivity contribution in [2.75, 3.05) is 13.1 Å². The van der Waals surface area contributed by atoms with Crippen LogP contribution in [-0.4, -0.2) is 35.2 Å². The summed E-state index contributed by atoms with van der Waals surface area (Å²) < 4.78 is 5.18. The fourth-order valence-electron chi connectivity index (χ4n) is 4.43. The summed E-state index contributed by atoms with van der Waals surface area (Å²) in [5.41, 5.74) is 2.15. The highest BCUT2D eigenvalue weighted by molar-refractivity contribution is 5.75. The molecular formula is C18H29N3O2. The highest BCUT2D eigenvalue weighted by Crippen LogP contribution is 2.39. The van der Waals surface area contributed by atoms with Crippen LogP contribution in [0, 0.1) is 25.7 Å². The van der Waals surface area contributed by atoms with Crippen LogP contribution in [0.2, 0.25) is 0 Å². The molecule has 1 saturated carbocycles. The Balaban J connectivity index is 1.46. The second-order valence-corrected chi connectivity index (χ2v) is 7.28. The topological polar surface area (TPSA) is 58.4 Å². The number of hydrogen-bond donors (Lipinski definition) is 1. The van der Waals surface area contributed by atoms with E-state index in [1.54, 1.807) is 0 Å². The summed E-state index contributed by atoms with van der Waals surface area (Å²) in [7, 11) is 0. The molecule has 128 valence electrons. The lowest BCUT2D eigenvalue weighted by molar-refractivity contribution is 0.169. The van der Waals surface area contributed by atoms with E-state index in [0.717, 1.165) is 36.8 Å². The minimum atomic E-state index is 0.130. The number of fused-ring (bicyclic) bond motifs is 1. The standard InChI is InChI=1S/C18H29N3O2/c1-12-11-21(17-9-5-4-7-15(12)17)18(22)19-10-6-8-16-13(2)20-23-14(16)3/h12,15,17H,4-11H2,1-3H3,(H,19,22)/t12-,15-,17+/m0/s1. The van der Waals surface area contributed by atoms with Gasteiger partial charge in [0.25, 0.3) is 0 Å². The lowest BCUT2D eigenvalue weighted by Gasteiger charge is -2.32. The molecule has 1 aliphatic heterocycles. The third-order valence-corrected chi connectivity index (χ3v) is 5.72. The molecule has 0 radical (unpaired) electrons. The maximum atomic E-state index is 12.5. The van der Waals surface area contributed by atoms with Crippen LogP contribution in [-0.2, 0) is 6.42 Å². The molecule has 2 fully saturated rings. The minimum Gasteiger partial charge on any atom is -0.361 e. The van der Waals surface area contributed by atoms with Crippen LogP contribution in [0.5, 0.6) is 0 Å². The van der Waals surface area contributed by atoms with Gasteiger partial charge in [0.1, 0.15) is 5.76 Å². The minimum absolute atomic E-state index is 0.130. The second-order valence-electron chi connectivity index (χ2n) is 7.28. The molecule has 1 aromatic heterocycles. The van der Waals surface area contributed by atoms with Crippen molar-refractivity contribution in [1.82, 2.24) is 15.4 Å². The molecule has 5 heteroatoms. The molecule has 0 bridgehead atoms. The normalized spacial score (nSPS) is 27.1. The van der Waals surface area contributed by atoms with Gasteiger partial charge in [-0.1, -0.05) is 24.9 Å². The summed E-state index contributed by atoms with van der Waals surface area (Å²) in [4.78, 5) is 14.6. The Bertz CT molecular complexity index is 535. The number of likely N-dealkylation sites (tertiary alicyclic amines) is 1. The fourth-order valence-corrected chi connectivity index (χ4v) is 4.43.